The topological polar surface area (TPSA) is 12.4 Å². The quantitative estimate of drug-likeness (QED) is 0.382. The van der Waals surface area contributed by atoms with Crippen molar-refractivity contribution >= 4 is 40.3 Å². The summed E-state index contributed by atoms with van der Waals surface area (Å²) in [5.74, 6) is 1.02. The van der Waals surface area contributed by atoms with Crippen LogP contribution >= 0.6 is 35.3 Å². The molecule has 3 aromatic rings. The van der Waals surface area contributed by atoms with E-state index in [9.17, 15) is 0 Å². The van der Waals surface area contributed by atoms with E-state index in [0.717, 1.165) is 0 Å². The zero-order valence-corrected chi connectivity index (χ0v) is 19.9. The van der Waals surface area contributed by atoms with Crippen molar-refractivity contribution in [3.63, 3.8) is 0 Å². The molecule has 4 aliphatic rings. The average Bonchev–Trinajstić information content (AvgIpc) is 3.44. The SMILES string of the molecule is C[C@]12SC(c3ccccc3)=NC1C1Sc3ccccc3C1C1c3ccccc3S[C@@]12C. The normalized spacial score (nSPS) is 36.8. The van der Waals surface area contributed by atoms with Crippen LogP contribution < -0.4 is 0 Å². The second kappa shape index (κ2) is 6.46. The number of hydrogen-bond donors (Lipinski definition) is 0. The Morgan fingerprint density at radius 3 is 2.19 bits per heavy atom. The van der Waals surface area contributed by atoms with Crippen molar-refractivity contribution in [1.82, 2.24) is 0 Å². The number of thioether (sulfide) groups is 3. The van der Waals surface area contributed by atoms with Gasteiger partial charge in [0.15, 0.2) is 0 Å². The van der Waals surface area contributed by atoms with Crippen LogP contribution in [0.4, 0.5) is 0 Å². The van der Waals surface area contributed by atoms with Gasteiger partial charge in [0.05, 0.1) is 15.8 Å². The van der Waals surface area contributed by atoms with Gasteiger partial charge in [-0.1, -0.05) is 78.5 Å². The van der Waals surface area contributed by atoms with Gasteiger partial charge in [-0.05, 0) is 37.1 Å². The molecule has 1 saturated carbocycles. The first-order valence-corrected chi connectivity index (χ1v) is 13.5. The van der Waals surface area contributed by atoms with Gasteiger partial charge in [0.25, 0.3) is 0 Å². The van der Waals surface area contributed by atoms with Crippen molar-refractivity contribution in [1.29, 1.82) is 0 Å². The van der Waals surface area contributed by atoms with Crippen molar-refractivity contribution in [2.45, 2.75) is 56.3 Å². The molecule has 0 saturated heterocycles. The summed E-state index contributed by atoms with van der Waals surface area (Å²) in [6, 6.07) is 29.4. The first-order valence-electron chi connectivity index (χ1n) is 11.0. The maximum Gasteiger partial charge on any atom is 0.0987 e. The Kier molecular flexibility index (Phi) is 3.94. The molecule has 0 aromatic heterocycles. The summed E-state index contributed by atoms with van der Waals surface area (Å²) in [7, 11) is 0. The molecule has 31 heavy (non-hydrogen) atoms. The van der Waals surface area contributed by atoms with Crippen LogP contribution in [0, 0.1) is 0 Å². The summed E-state index contributed by atoms with van der Waals surface area (Å²) in [6.07, 6.45) is 0. The lowest BCUT2D eigenvalue weighted by Crippen LogP contribution is -2.62. The molecule has 0 bridgehead atoms. The molecule has 1 aliphatic carbocycles. The van der Waals surface area contributed by atoms with Crippen LogP contribution in [0.1, 0.15) is 42.4 Å². The summed E-state index contributed by atoms with van der Waals surface area (Å²) in [6.45, 7) is 5.04. The number of rotatable bonds is 1. The number of hydrogen-bond acceptors (Lipinski definition) is 4. The van der Waals surface area contributed by atoms with Crippen LogP contribution in [0.3, 0.4) is 0 Å². The van der Waals surface area contributed by atoms with Gasteiger partial charge >= 0.3 is 0 Å². The Hall–Kier alpha value is -1.62. The van der Waals surface area contributed by atoms with Crippen LogP contribution in [-0.4, -0.2) is 25.8 Å². The zero-order chi connectivity index (χ0) is 20.8. The summed E-state index contributed by atoms with van der Waals surface area (Å²) < 4.78 is 0.133. The van der Waals surface area contributed by atoms with Crippen LogP contribution in [0.2, 0.25) is 0 Å². The molecule has 4 unspecified atom stereocenters. The Morgan fingerprint density at radius 2 is 1.39 bits per heavy atom. The fourth-order valence-electron chi connectivity index (χ4n) is 6.29. The highest BCUT2D eigenvalue weighted by Crippen LogP contribution is 2.74. The van der Waals surface area contributed by atoms with Crippen molar-refractivity contribution < 1.29 is 0 Å². The Labute approximate surface area is 196 Å². The highest BCUT2D eigenvalue weighted by Gasteiger charge is 2.70. The van der Waals surface area contributed by atoms with E-state index in [1.54, 1.807) is 11.1 Å². The van der Waals surface area contributed by atoms with Crippen molar-refractivity contribution in [3.05, 3.63) is 95.6 Å². The smallest absolute Gasteiger partial charge is 0.0987 e. The first kappa shape index (κ1) is 18.9. The molecule has 0 spiro atoms. The largest absolute Gasteiger partial charge is 0.272 e. The Bertz CT molecular complexity index is 1240. The summed E-state index contributed by atoms with van der Waals surface area (Å²) >= 11 is 6.24. The Balaban J connectivity index is 1.45. The summed E-state index contributed by atoms with van der Waals surface area (Å²) in [5.41, 5.74) is 4.36. The number of aliphatic imine (C=N–C) groups is 1. The van der Waals surface area contributed by atoms with Gasteiger partial charge in [-0.2, -0.15) is 0 Å². The van der Waals surface area contributed by atoms with E-state index in [1.807, 2.05) is 11.8 Å². The van der Waals surface area contributed by atoms with E-state index in [0.29, 0.717) is 23.1 Å². The van der Waals surface area contributed by atoms with E-state index < -0.39 is 0 Å². The molecule has 0 radical (unpaired) electrons. The summed E-state index contributed by atoms with van der Waals surface area (Å²) in [5, 5.41) is 1.71. The third kappa shape index (κ3) is 2.37. The lowest BCUT2D eigenvalue weighted by Gasteiger charge is -2.55. The minimum absolute atomic E-state index is 0.0444. The van der Waals surface area contributed by atoms with Gasteiger partial charge < -0.3 is 0 Å². The summed E-state index contributed by atoms with van der Waals surface area (Å²) in [4.78, 5) is 8.43. The standard InChI is InChI=1S/C27H23NS3/c1-26-22(18-13-7-9-15-20(18)30-26)21-17-12-6-8-14-19(17)29-23(21)24-27(26,2)31-25(28-24)16-10-4-3-5-11-16/h3-15,21-24H,1-2H3/t21?,22?,23?,24?,26-,27-/m0/s1. The predicted molar refractivity (Wildman–Crippen MR) is 135 cm³/mol. The van der Waals surface area contributed by atoms with Gasteiger partial charge in [-0.25, -0.2) is 0 Å². The van der Waals surface area contributed by atoms with Crippen LogP contribution in [0.5, 0.6) is 0 Å². The molecule has 0 amide bonds. The second-order valence-corrected chi connectivity index (χ2v) is 13.5. The van der Waals surface area contributed by atoms with Crippen molar-refractivity contribution in [2.24, 2.45) is 4.99 Å². The third-order valence-corrected chi connectivity index (χ3v) is 12.8. The van der Waals surface area contributed by atoms with Gasteiger partial charge in [-0.3, -0.25) is 4.99 Å². The molecular weight excluding hydrogens is 435 g/mol. The highest BCUT2D eigenvalue weighted by molar-refractivity contribution is 8.17. The molecule has 1 fully saturated rings. The molecule has 154 valence electrons. The predicted octanol–water partition coefficient (Wildman–Crippen LogP) is 7.23. The third-order valence-electron chi connectivity index (χ3n) is 7.87. The van der Waals surface area contributed by atoms with E-state index in [4.69, 9.17) is 4.99 Å². The maximum atomic E-state index is 5.49. The fourth-order valence-corrected chi connectivity index (χ4v) is 11.4. The molecule has 0 N–H and O–H groups in total. The first-order chi connectivity index (χ1) is 15.1. The number of nitrogens with zero attached hydrogens (tertiary/aromatic N) is 1. The number of benzene rings is 3. The molecule has 3 aromatic carbocycles. The molecule has 3 heterocycles. The molecular formula is C27H23NS3. The van der Waals surface area contributed by atoms with E-state index in [1.165, 1.54) is 20.4 Å². The van der Waals surface area contributed by atoms with Crippen LogP contribution in [-0.2, 0) is 0 Å². The van der Waals surface area contributed by atoms with Gasteiger partial charge in [0.2, 0.25) is 0 Å². The van der Waals surface area contributed by atoms with E-state index >= 15 is 0 Å². The molecule has 1 nitrogen and oxygen atoms in total. The van der Waals surface area contributed by atoms with E-state index in [2.05, 4.69) is 116 Å². The highest BCUT2D eigenvalue weighted by atomic mass is 32.2. The van der Waals surface area contributed by atoms with Gasteiger partial charge in [0.1, 0.15) is 0 Å². The molecule has 3 aliphatic heterocycles. The lowest BCUT2D eigenvalue weighted by molar-refractivity contribution is 0.259. The van der Waals surface area contributed by atoms with Crippen LogP contribution in [0.25, 0.3) is 0 Å². The minimum atomic E-state index is 0.0444. The minimum Gasteiger partial charge on any atom is -0.272 e. The second-order valence-electron chi connectivity index (χ2n) is 9.32. The average molecular weight is 458 g/mol. The maximum absolute atomic E-state index is 5.49. The zero-order valence-electron chi connectivity index (χ0n) is 17.5. The fraction of sp³-hybridized carbons (Fsp3) is 0.296. The van der Waals surface area contributed by atoms with Crippen LogP contribution in [0.15, 0.2) is 93.6 Å². The molecule has 4 heteroatoms. The Morgan fingerprint density at radius 1 is 0.710 bits per heavy atom. The van der Waals surface area contributed by atoms with E-state index in [-0.39, 0.29) is 9.49 Å². The van der Waals surface area contributed by atoms with Gasteiger partial charge in [0, 0.05) is 37.2 Å². The van der Waals surface area contributed by atoms with Crippen molar-refractivity contribution in [3.8, 4) is 0 Å². The van der Waals surface area contributed by atoms with Crippen molar-refractivity contribution in [2.75, 3.05) is 0 Å². The lowest BCUT2D eigenvalue weighted by atomic mass is 9.60. The van der Waals surface area contributed by atoms with Gasteiger partial charge in [-0.15, -0.1) is 23.5 Å². The molecule has 6 atom stereocenters. The number of fused-ring (bicyclic) bond motifs is 10. The molecule has 7 rings (SSSR count). The monoisotopic (exact) mass is 457 g/mol.